The monoisotopic (exact) mass is 220 g/mol. The van der Waals surface area contributed by atoms with Crippen molar-refractivity contribution in [2.24, 2.45) is 0 Å². The summed E-state index contributed by atoms with van der Waals surface area (Å²) >= 11 is 1.53. The van der Waals surface area contributed by atoms with E-state index in [1.807, 2.05) is 30.5 Å². The first-order valence-corrected chi connectivity index (χ1v) is 5.68. The highest BCUT2D eigenvalue weighted by Gasteiger charge is 2.14. The molecule has 1 aromatic rings. The van der Waals surface area contributed by atoms with E-state index in [4.69, 9.17) is 5.26 Å². The first-order valence-electron chi connectivity index (χ1n) is 4.46. The van der Waals surface area contributed by atoms with Gasteiger partial charge in [0.25, 0.3) is 5.91 Å². The SMILES string of the molecule is CSc1ccccc1C(=O)N(C)CC#N. The van der Waals surface area contributed by atoms with Crippen LogP contribution in [0.1, 0.15) is 10.4 Å². The fourth-order valence-electron chi connectivity index (χ4n) is 1.20. The van der Waals surface area contributed by atoms with Crippen LogP contribution in [-0.2, 0) is 0 Å². The first kappa shape index (κ1) is 11.6. The van der Waals surface area contributed by atoms with Crippen LogP contribution in [0.5, 0.6) is 0 Å². The molecular formula is C11H12N2OS. The van der Waals surface area contributed by atoms with Gasteiger partial charge in [-0.15, -0.1) is 11.8 Å². The Hall–Kier alpha value is -1.47. The number of nitriles is 1. The van der Waals surface area contributed by atoms with Gasteiger partial charge in [-0.3, -0.25) is 4.79 Å². The summed E-state index contributed by atoms with van der Waals surface area (Å²) in [6, 6.07) is 9.36. The van der Waals surface area contributed by atoms with E-state index in [1.165, 1.54) is 16.7 Å². The highest BCUT2D eigenvalue weighted by molar-refractivity contribution is 7.98. The van der Waals surface area contributed by atoms with Gasteiger partial charge in [0.05, 0.1) is 11.6 Å². The summed E-state index contributed by atoms with van der Waals surface area (Å²) in [7, 11) is 1.63. The molecule has 0 bridgehead atoms. The van der Waals surface area contributed by atoms with Crippen LogP contribution in [0.2, 0.25) is 0 Å². The molecule has 0 heterocycles. The zero-order chi connectivity index (χ0) is 11.3. The second-order valence-corrected chi connectivity index (χ2v) is 3.87. The summed E-state index contributed by atoms with van der Waals surface area (Å²) in [6.45, 7) is 0.113. The lowest BCUT2D eigenvalue weighted by Gasteiger charge is -2.14. The normalized spacial score (nSPS) is 9.40. The van der Waals surface area contributed by atoms with Gasteiger partial charge in [0, 0.05) is 11.9 Å². The summed E-state index contributed by atoms with van der Waals surface area (Å²) in [5, 5.41) is 8.51. The van der Waals surface area contributed by atoms with Gasteiger partial charge in [-0.25, -0.2) is 0 Å². The van der Waals surface area contributed by atoms with Crippen LogP contribution >= 0.6 is 11.8 Å². The van der Waals surface area contributed by atoms with E-state index in [0.29, 0.717) is 5.56 Å². The van der Waals surface area contributed by atoms with Crippen LogP contribution in [0.3, 0.4) is 0 Å². The van der Waals surface area contributed by atoms with Crippen molar-refractivity contribution in [2.45, 2.75) is 4.90 Å². The Morgan fingerprint density at radius 3 is 2.80 bits per heavy atom. The standard InChI is InChI=1S/C11H12N2OS/c1-13(8-7-12)11(14)9-5-3-4-6-10(9)15-2/h3-6H,8H2,1-2H3. The number of rotatable bonds is 3. The van der Waals surface area contributed by atoms with E-state index >= 15 is 0 Å². The molecule has 0 saturated heterocycles. The van der Waals surface area contributed by atoms with Gasteiger partial charge >= 0.3 is 0 Å². The van der Waals surface area contributed by atoms with E-state index in [1.54, 1.807) is 13.1 Å². The molecule has 0 aromatic heterocycles. The summed E-state index contributed by atoms with van der Waals surface area (Å²) in [5.41, 5.74) is 0.655. The van der Waals surface area contributed by atoms with Crippen molar-refractivity contribution >= 4 is 17.7 Å². The number of carbonyl (C=O) groups excluding carboxylic acids is 1. The van der Waals surface area contributed by atoms with Crippen LogP contribution in [0.4, 0.5) is 0 Å². The zero-order valence-corrected chi connectivity index (χ0v) is 9.54. The topological polar surface area (TPSA) is 44.1 Å². The first-order chi connectivity index (χ1) is 7.20. The van der Waals surface area contributed by atoms with Crippen LogP contribution in [-0.4, -0.2) is 30.7 Å². The summed E-state index contributed by atoms with van der Waals surface area (Å²) in [5.74, 6) is -0.110. The smallest absolute Gasteiger partial charge is 0.255 e. The van der Waals surface area contributed by atoms with Gasteiger partial charge in [0.15, 0.2) is 0 Å². The molecule has 0 N–H and O–H groups in total. The van der Waals surface area contributed by atoms with Gasteiger partial charge in [-0.2, -0.15) is 5.26 Å². The third-order valence-corrected chi connectivity index (χ3v) is 2.79. The second-order valence-electron chi connectivity index (χ2n) is 3.02. The van der Waals surface area contributed by atoms with Crippen molar-refractivity contribution in [3.8, 4) is 6.07 Å². The molecule has 0 radical (unpaired) electrons. The molecule has 0 aliphatic heterocycles. The minimum atomic E-state index is -0.110. The van der Waals surface area contributed by atoms with Crippen LogP contribution < -0.4 is 0 Å². The molecule has 4 heteroatoms. The third-order valence-electron chi connectivity index (χ3n) is 1.99. The van der Waals surface area contributed by atoms with Gasteiger partial charge in [-0.05, 0) is 18.4 Å². The maximum atomic E-state index is 11.9. The quantitative estimate of drug-likeness (QED) is 0.578. The lowest BCUT2D eigenvalue weighted by Crippen LogP contribution is -2.27. The lowest BCUT2D eigenvalue weighted by atomic mass is 10.2. The van der Waals surface area contributed by atoms with Crippen molar-refractivity contribution in [1.82, 2.24) is 4.90 Å². The van der Waals surface area contributed by atoms with E-state index < -0.39 is 0 Å². The maximum absolute atomic E-state index is 11.9. The maximum Gasteiger partial charge on any atom is 0.255 e. The van der Waals surface area contributed by atoms with Gasteiger partial charge in [-0.1, -0.05) is 12.1 Å². The molecule has 15 heavy (non-hydrogen) atoms. The summed E-state index contributed by atoms with van der Waals surface area (Å²) in [4.78, 5) is 14.2. The zero-order valence-electron chi connectivity index (χ0n) is 8.73. The molecule has 0 atom stereocenters. The number of benzene rings is 1. The van der Waals surface area contributed by atoms with Crippen LogP contribution in [0.25, 0.3) is 0 Å². The molecule has 0 saturated carbocycles. The summed E-state index contributed by atoms with van der Waals surface area (Å²) < 4.78 is 0. The number of hydrogen-bond donors (Lipinski definition) is 0. The van der Waals surface area contributed by atoms with E-state index in [9.17, 15) is 4.79 Å². The molecule has 0 aliphatic rings. The van der Waals surface area contributed by atoms with Crippen LogP contribution in [0, 0.1) is 11.3 Å². The predicted octanol–water partition coefficient (Wildman–Crippen LogP) is 2.00. The minimum absolute atomic E-state index is 0.110. The number of carbonyl (C=O) groups is 1. The molecular weight excluding hydrogens is 208 g/mol. The minimum Gasteiger partial charge on any atom is -0.328 e. The predicted molar refractivity (Wildman–Crippen MR) is 60.8 cm³/mol. The number of hydrogen-bond acceptors (Lipinski definition) is 3. The molecule has 3 nitrogen and oxygen atoms in total. The number of amides is 1. The molecule has 0 spiro atoms. The molecule has 0 aliphatic carbocycles. The molecule has 0 unspecified atom stereocenters. The van der Waals surface area contributed by atoms with Crippen LogP contribution in [0.15, 0.2) is 29.2 Å². The van der Waals surface area contributed by atoms with Crippen molar-refractivity contribution in [2.75, 3.05) is 19.8 Å². The van der Waals surface area contributed by atoms with Gasteiger partial charge in [0.1, 0.15) is 6.54 Å². The van der Waals surface area contributed by atoms with Gasteiger partial charge < -0.3 is 4.90 Å². The molecule has 0 fully saturated rings. The Bertz CT molecular complexity index is 398. The van der Waals surface area contributed by atoms with Crippen molar-refractivity contribution in [3.63, 3.8) is 0 Å². The van der Waals surface area contributed by atoms with Gasteiger partial charge in [0.2, 0.25) is 0 Å². The summed E-state index contributed by atoms with van der Waals surface area (Å²) in [6.07, 6.45) is 1.93. The fourth-order valence-corrected chi connectivity index (χ4v) is 1.79. The van der Waals surface area contributed by atoms with Crippen molar-refractivity contribution < 1.29 is 4.79 Å². The molecule has 1 amide bonds. The van der Waals surface area contributed by atoms with Crippen molar-refractivity contribution in [3.05, 3.63) is 29.8 Å². The third kappa shape index (κ3) is 2.74. The second kappa shape index (κ2) is 5.42. The Balaban J connectivity index is 2.96. The molecule has 78 valence electrons. The van der Waals surface area contributed by atoms with E-state index in [0.717, 1.165) is 4.90 Å². The van der Waals surface area contributed by atoms with E-state index in [2.05, 4.69) is 0 Å². The molecule has 1 rings (SSSR count). The Labute approximate surface area is 93.7 Å². The highest BCUT2D eigenvalue weighted by Crippen LogP contribution is 2.20. The molecule has 1 aromatic carbocycles. The number of nitrogens with zero attached hydrogens (tertiary/aromatic N) is 2. The lowest BCUT2D eigenvalue weighted by molar-refractivity contribution is 0.0808. The average molecular weight is 220 g/mol. The highest BCUT2D eigenvalue weighted by atomic mass is 32.2. The average Bonchev–Trinajstić information content (AvgIpc) is 2.28. The fraction of sp³-hybridized carbons (Fsp3) is 0.273. The Morgan fingerprint density at radius 2 is 2.20 bits per heavy atom. The Morgan fingerprint density at radius 1 is 1.53 bits per heavy atom. The Kier molecular flexibility index (Phi) is 4.19. The van der Waals surface area contributed by atoms with Crippen molar-refractivity contribution in [1.29, 1.82) is 5.26 Å². The van der Waals surface area contributed by atoms with E-state index in [-0.39, 0.29) is 12.5 Å². The largest absolute Gasteiger partial charge is 0.328 e. The number of thioether (sulfide) groups is 1.